The monoisotopic (exact) mass is 292 g/mol. The molecule has 1 saturated heterocycles. The molecule has 1 N–H and O–H groups in total. The van der Waals surface area contributed by atoms with Gasteiger partial charge in [0.15, 0.2) is 0 Å². The Balaban J connectivity index is 1.63. The first kappa shape index (κ1) is 15.7. The van der Waals surface area contributed by atoms with E-state index in [1.807, 2.05) is 14.0 Å². The van der Waals surface area contributed by atoms with Crippen LogP contribution in [0.5, 0.6) is 0 Å². The van der Waals surface area contributed by atoms with Crippen molar-refractivity contribution in [2.24, 2.45) is 0 Å². The highest BCUT2D eigenvalue weighted by molar-refractivity contribution is 5.73. The number of amides is 2. The van der Waals surface area contributed by atoms with Gasteiger partial charge in [-0.05, 0) is 32.6 Å². The molecular weight excluding hydrogens is 268 g/mol. The molecule has 21 heavy (non-hydrogen) atoms. The topological polar surface area (TPSA) is 67.4 Å². The first-order valence-corrected chi connectivity index (χ1v) is 7.53. The molecule has 0 radical (unpaired) electrons. The van der Waals surface area contributed by atoms with Crippen molar-refractivity contribution in [3.05, 3.63) is 23.8 Å². The second-order valence-electron chi connectivity index (χ2n) is 5.51. The van der Waals surface area contributed by atoms with Crippen LogP contribution < -0.4 is 5.32 Å². The average molecular weight is 292 g/mol. The van der Waals surface area contributed by atoms with E-state index < -0.39 is 0 Å². The highest BCUT2D eigenvalue weighted by atomic mass is 16.5. The maximum Gasteiger partial charge on any atom is 0.317 e. The van der Waals surface area contributed by atoms with Crippen LogP contribution in [0, 0.1) is 6.92 Å². The fourth-order valence-corrected chi connectivity index (χ4v) is 2.34. The summed E-state index contributed by atoms with van der Waals surface area (Å²) in [5.74, 6) is 0. The molecule has 6 nitrogen and oxygen atoms in total. The SMILES string of the molecule is Cc1cnc(CNC(=O)N(C)CCC[C@H]2CCCO2)cn1. The molecule has 0 unspecified atom stereocenters. The van der Waals surface area contributed by atoms with Crippen molar-refractivity contribution in [3.63, 3.8) is 0 Å². The van der Waals surface area contributed by atoms with Crippen molar-refractivity contribution in [2.45, 2.75) is 45.3 Å². The lowest BCUT2D eigenvalue weighted by Gasteiger charge is -2.18. The molecule has 2 amide bonds. The van der Waals surface area contributed by atoms with Crippen molar-refractivity contribution in [2.75, 3.05) is 20.2 Å². The molecule has 1 fully saturated rings. The first-order chi connectivity index (χ1) is 10.1. The van der Waals surface area contributed by atoms with Gasteiger partial charge in [0.2, 0.25) is 0 Å². The Morgan fingerprint density at radius 1 is 1.48 bits per heavy atom. The zero-order valence-corrected chi connectivity index (χ0v) is 12.8. The summed E-state index contributed by atoms with van der Waals surface area (Å²) in [4.78, 5) is 22.0. The van der Waals surface area contributed by atoms with Gasteiger partial charge in [-0.3, -0.25) is 9.97 Å². The number of carbonyl (C=O) groups is 1. The standard InChI is InChI=1S/C15H24N4O2/c1-12-9-17-13(10-16-12)11-18-15(20)19(2)7-3-5-14-6-4-8-21-14/h9-10,14H,3-8,11H2,1-2H3,(H,18,20)/t14-/m0/s1. The minimum atomic E-state index is -0.0790. The molecular formula is C15H24N4O2. The van der Waals surface area contributed by atoms with E-state index in [-0.39, 0.29) is 6.03 Å². The van der Waals surface area contributed by atoms with Crippen molar-refractivity contribution >= 4 is 6.03 Å². The summed E-state index contributed by atoms with van der Waals surface area (Å²) < 4.78 is 5.58. The third-order valence-electron chi connectivity index (χ3n) is 3.65. The minimum absolute atomic E-state index is 0.0790. The summed E-state index contributed by atoms with van der Waals surface area (Å²) in [6.45, 7) is 3.92. The molecule has 0 aliphatic carbocycles. The molecule has 116 valence electrons. The van der Waals surface area contributed by atoms with Crippen LogP contribution in [0.25, 0.3) is 0 Å². The quantitative estimate of drug-likeness (QED) is 0.869. The summed E-state index contributed by atoms with van der Waals surface area (Å²) in [5.41, 5.74) is 1.64. The van der Waals surface area contributed by atoms with E-state index >= 15 is 0 Å². The molecule has 0 aromatic carbocycles. The van der Waals surface area contributed by atoms with Gasteiger partial charge in [0, 0.05) is 26.4 Å². The second-order valence-corrected chi connectivity index (χ2v) is 5.51. The number of urea groups is 1. The predicted octanol–water partition coefficient (Wildman–Crippen LogP) is 1.89. The fraction of sp³-hybridized carbons (Fsp3) is 0.667. The third-order valence-corrected chi connectivity index (χ3v) is 3.65. The van der Waals surface area contributed by atoms with Crippen molar-refractivity contribution in [1.82, 2.24) is 20.2 Å². The van der Waals surface area contributed by atoms with E-state index in [2.05, 4.69) is 15.3 Å². The number of ether oxygens (including phenoxy) is 1. The van der Waals surface area contributed by atoms with E-state index in [1.165, 1.54) is 6.42 Å². The molecule has 2 rings (SSSR count). The molecule has 0 bridgehead atoms. The summed E-state index contributed by atoms with van der Waals surface area (Å²) in [5, 5.41) is 2.85. The van der Waals surface area contributed by atoms with Crippen molar-refractivity contribution < 1.29 is 9.53 Å². The molecule has 1 aromatic heterocycles. The van der Waals surface area contributed by atoms with E-state index in [0.29, 0.717) is 12.6 Å². The average Bonchev–Trinajstić information content (AvgIpc) is 2.99. The largest absolute Gasteiger partial charge is 0.378 e. The zero-order valence-electron chi connectivity index (χ0n) is 12.8. The molecule has 1 aliphatic heterocycles. The van der Waals surface area contributed by atoms with E-state index in [1.54, 1.807) is 17.3 Å². The number of carbonyl (C=O) groups excluding carboxylic acids is 1. The number of hydrogen-bond donors (Lipinski definition) is 1. The maximum absolute atomic E-state index is 11.9. The number of hydrogen-bond acceptors (Lipinski definition) is 4. The molecule has 0 spiro atoms. The van der Waals surface area contributed by atoms with Gasteiger partial charge in [-0.15, -0.1) is 0 Å². The molecule has 0 saturated carbocycles. The van der Waals surface area contributed by atoms with Gasteiger partial charge in [-0.2, -0.15) is 0 Å². The van der Waals surface area contributed by atoms with Crippen LogP contribution in [-0.2, 0) is 11.3 Å². The van der Waals surface area contributed by atoms with Gasteiger partial charge in [0.1, 0.15) is 0 Å². The predicted molar refractivity (Wildman–Crippen MR) is 79.8 cm³/mol. The highest BCUT2D eigenvalue weighted by Crippen LogP contribution is 2.16. The van der Waals surface area contributed by atoms with Gasteiger partial charge in [0.05, 0.1) is 30.2 Å². The second kappa shape index (κ2) is 7.93. The lowest BCUT2D eigenvalue weighted by molar-refractivity contribution is 0.100. The Morgan fingerprint density at radius 2 is 2.33 bits per heavy atom. The maximum atomic E-state index is 11.9. The third kappa shape index (κ3) is 5.30. The fourth-order valence-electron chi connectivity index (χ4n) is 2.34. The van der Waals surface area contributed by atoms with Gasteiger partial charge in [-0.25, -0.2) is 4.79 Å². The lowest BCUT2D eigenvalue weighted by Crippen LogP contribution is -2.37. The van der Waals surface area contributed by atoms with Crippen molar-refractivity contribution in [3.8, 4) is 0 Å². The molecule has 6 heteroatoms. The molecule has 1 aromatic rings. The Morgan fingerprint density at radius 3 is 3.00 bits per heavy atom. The van der Waals surface area contributed by atoms with Gasteiger partial charge >= 0.3 is 6.03 Å². The van der Waals surface area contributed by atoms with Crippen LogP contribution >= 0.6 is 0 Å². The Labute approximate surface area is 125 Å². The number of aromatic nitrogens is 2. The summed E-state index contributed by atoms with van der Waals surface area (Å²) >= 11 is 0. The lowest BCUT2D eigenvalue weighted by atomic mass is 10.1. The van der Waals surface area contributed by atoms with Gasteiger partial charge in [0.25, 0.3) is 0 Å². The van der Waals surface area contributed by atoms with Crippen LogP contribution in [0.1, 0.15) is 37.1 Å². The minimum Gasteiger partial charge on any atom is -0.378 e. The van der Waals surface area contributed by atoms with Crippen LogP contribution in [0.4, 0.5) is 4.79 Å². The molecule has 2 heterocycles. The summed E-state index contributed by atoms with van der Waals surface area (Å²) in [7, 11) is 1.81. The Hall–Kier alpha value is -1.69. The zero-order chi connectivity index (χ0) is 15.1. The molecule has 1 atom stereocenters. The van der Waals surface area contributed by atoms with Crippen LogP contribution in [0.2, 0.25) is 0 Å². The highest BCUT2D eigenvalue weighted by Gasteiger charge is 2.15. The Kier molecular flexibility index (Phi) is 5.92. The normalized spacial score (nSPS) is 17.7. The van der Waals surface area contributed by atoms with E-state index in [9.17, 15) is 4.79 Å². The number of rotatable bonds is 6. The van der Waals surface area contributed by atoms with Crippen LogP contribution in [-0.4, -0.2) is 47.2 Å². The van der Waals surface area contributed by atoms with Gasteiger partial charge in [-0.1, -0.05) is 0 Å². The smallest absolute Gasteiger partial charge is 0.317 e. The summed E-state index contributed by atoms with van der Waals surface area (Å²) in [6.07, 6.45) is 8.10. The van der Waals surface area contributed by atoms with E-state index in [4.69, 9.17) is 4.74 Å². The molecule has 1 aliphatic rings. The summed E-state index contributed by atoms with van der Waals surface area (Å²) in [6, 6.07) is -0.0790. The first-order valence-electron chi connectivity index (χ1n) is 7.53. The van der Waals surface area contributed by atoms with Crippen LogP contribution in [0.3, 0.4) is 0 Å². The number of nitrogens with zero attached hydrogens (tertiary/aromatic N) is 3. The van der Waals surface area contributed by atoms with E-state index in [0.717, 1.165) is 43.8 Å². The van der Waals surface area contributed by atoms with Crippen LogP contribution in [0.15, 0.2) is 12.4 Å². The van der Waals surface area contributed by atoms with Gasteiger partial charge < -0.3 is 15.0 Å². The number of nitrogens with one attached hydrogen (secondary N) is 1. The Bertz CT molecular complexity index is 443. The number of aryl methyl sites for hydroxylation is 1. The van der Waals surface area contributed by atoms with Crippen molar-refractivity contribution in [1.29, 1.82) is 0 Å².